The fourth-order valence-corrected chi connectivity index (χ4v) is 0.909. The Morgan fingerprint density at radius 1 is 1.60 bits per heavy atom. The molecule has 0 saturated carbocycles. The fourth-order valence-electron chi connectivity index (χ4n) is 0.909. The molecule has 54 valence electrons. The molecule has 1 atom stereocenters. The lowest BCUT2D eigenvalue weighted by Gasteiger charge is -2.12. The van der Waals surface area contributed by atoms with Crippen LogP contribution in [-0.2, 0) is 9.59 Å². The van der Waals surface area contributed by atoms with E-state index >= 15 is 0 Å². The van der Waals surface area contributed by atoms with Gasteiger partial charge in [0, 0.05) is 0 Å². The van der Waals surface area contributed by atoms with Crippen molar-refractivity contribution in [3.63, 3.8) is 0 Å². The van der Waals surface area contributed by atoms with Crippen LogP contribution in [0.5, 0.6) is 0 Å². The van der Waals surface area contributed by atoms with Crippen molar-refractivity contribution < 1.29 is 9.59 Å². The number of hydrogen-bond acceptors (Lipinski definition) is 3. The van der Waals surface area contributed by atoms with Gasteiger partial charge in [-0.3, -0.25) is 9.59 Å². The molecule has 0 aromatic rings. The number of carbonyl (C=O) groups is 2. The van der Waals surface area contributed by atoms with E-state index in [2.05, 4.69) is 5.32 Å². The van der Waals surface area contributed by atoms with Crippen molar-refractivity contribution in [2.45, 2.75) is 12.5 Å². The summed E-state index contributed by atoms with van der Waals surface area (Å²) in [6, 6.07) is -0.252. The molecule has 0 radical (unpaired) electrons. The predicted molar refractivity (Wildman–Crippen MR) is 36.6 cm³/mol. The van der Waals surface area contributed by atoms with Crippen LogP contribution in [0.15, 0.2) is 12.2 Å². The van der Waals surface area contributed by atoms with Crippen molar-refractivity contribution in [2.75, 3.05) is 7.05 Å². The summed E-state index contributed by atoms with van der Waals surface area (Å²) < 4.78 is 0. The summed E-state index contributed by atoms with van der Waals surface area (Å²) in [5.74, 6) is -0.147. The standard InChI is InChI=1S/C7H9NO2/c1-8-6-3-2-5(9)4-7(6)10/h2-3,6,8H,4H2,1H3. The van der Waals surface area contributed by atoms with Crippen molar-refractivity contribution in [1.29, 1.82) is 0 Å². The average molecular weight is 139 g/mol. The maximum absolute atomic E-state index is 10.9. The Labute approximate surface area is 59.1 Å². The quantitative estimate of drug-likeness (QED) is 0.506. The topological polar surface area (TPSA) is 46.2 Å². The Kier molecular flexibility index (Phi) is 1.97. The van der Waals surface area contributed by atoms with Gasteiger partial charge in [0.25, 0.3) is 0 Å². The van der Waals surface area contributed by atoms with Gasteiger partial charge in [-0.05, 0) is 13.1 Å². The number of Topliss-reactive ketones (excluding diaryl/α,β-unsaturated/α-hetero) is 1. The highest BCUT2D eigenvalue weighted by Gasteiger charge is 2.19. The molecule has 10 heavy (non-hydrogen) atoms. The first kappa shape index (κ1) is 7.15. The summed E-state index contributed by atoms with van der Waals surface area (Å²) in [5, 5.41) is 2.79. The minimum Gasteiger partial charge on any atom is -0.307 e. The van der Waals surface area contributed by atoms with Crippen LogP contribution in [0.25, 0.3) is 0 Å². The van der Waals surface area contributed by atoms with Crippen LogP contribution in [0.4, 0.5) is 0 Å². The SMILES string of the molecule is CNC1C=CC(=O)CC1=O. The average Bonchev–Trinajstić information content (AvgIpc) is 1.88. The molecule has 0 aliphatic heterocycles. The molecular weight excluding hydrogens is 130 g/mol. The first-order valence-corrected chi connectivity index (χ1v) is 3.15. The number of allylic oxidation sites excluding steroid dienone is 1. The highest BCUT2D eigenvalue weighted by Crippen LogP contribution is 2.02. The molecule has 0 amide bonds. The normalized spacial score (nSPS) is 25.5. The molecular formula is C7H9NO2. The van der Waals surface area contributed by atoms with E-state index in [1.54, 1.807) is 13.1 Å². The summed E-state index contributed by atoms with van der Waals surface area (Å²) in [4.78, 5) is 21.5. The van der Waals surface area contributed by atoms with Crippen molar-refractivity contribution in [3.8, 4) is 0 Å². The molecule has 1 rings (SSSR count). The van der Waals surface area contributed by atoms with Crippen molar-refractivity contribution in [3.05, 3.63) is 12.2 Å². The largest absolute Gasteiger partial charge is 0.307 e. The van der Waals surface area contributed by atoms with E-state index in [1.165, 1.54) is 6.08 Å². The van der Waals surface area contributed by atoms with E-state index in [4.69, 9.17) is 0 Å². The van der Waals surface area contributed by atoms with E-state index in [0.29, 0.717) is 0 Å². The second-order valence-electron chi connectivity index (χ2n) is 2.23. The van der Waals surface area contributed by atoms with Gasteiger partial charge >= 0.3 is 0 Å². The number of rotatable bonds is 1. The third-order valence-corrected chi connectivity index (χ3v) is 1.48. The fraction of sp³-hybridized carbons (Fsp3) is 0.429. The summed E-state index contributed by atoms with van der Waals surface area (Å²) in [6.45, 7) is 0. The van der Waals surface area contributed by atoms with Gasteiger partial charge in [0.15, 0.2) is 11.6 Å². The van der Waals surface area contributed by atoms with Gasteiger partial charge in [0.05, 0.1) is 12.5 Å². The van der Waals surface area contributed by atoms with E-state index in [0.717, 1.165) is 0 Å². The lowest BCUT2D eigenvalue weighted by molar-refractivity contribution is -0.126. The van der Waals surface area contributed by atoms with E-state index in [1.807, 2.05) is 0 Å². The molecule has 3 nitrogen and oxygen atoms in total. The zero-order valence-electron chi connectivity index (χ0n) is 5.76. The van der Waals surface area contributed by atoms with Crippen LogP contribution >= 0.6 is 0 Å². The monoisotopic (exact) mass is 139 g/mol. The van der Waals surface area contributed by atoms with Crippen LogP contribution in [0.1, 0.15) is 6.42 Å². The van der Waals surface area contributed by atoms with E-state index < -0.39 is 0 Å². The Hall–Kier alpha value is -0.960. The molecule has 0 spiro atoms. The molecule has 0 heterocycles. The lowest BCUT2D eigenvalue weighted by Crippen LogP contribution is -2.35. The van der Waals surface area contributed by atoms with Crippen LogP contribution in [0, 0.1) is 0 Å². The number of hydrogen-bond donors (Lipinski definition) is 1. The van der Waals surface area contributed by atoms with Gasteiger partial charge in [-0.25, -0.2) is 0 Å². The van der Waals surface area contributed by atoms with Gasteiger partial charge in [0.1, 0.15) is 0 Å². The number of ketones is 2. The summed E-state index contributed by atoms with van der Waals surface area (Å²) in [6.07, 6.45) is 3.08. The predicted octanol–water partition coefficient (Wildman–Crippen LogP) is -0.328. The summed E-state index contributed by atoms with van der Waals surface area (Å²) in [5.41, 5.74) is 0. The van der Waals surface area contributed by atoms with Crippen LogP contribution < -0.4 is 5.32 Å². The van der Waals surface area contributed by atoms with Gasteiger partial charge in [0.2, 0.25) is 0 Å². The van der Waals surface area contributed by atoms with Crippen molar-refractivity contribution in [2.24, 2.45) is 0 Å². The second kappa shape index (κ2) is 2.75. The molecule has 3 heteroatoms. The van der Waals surface area contributed by atoms with Gasteiger partial charge in [-0.1, -0.05) is 6.08 Å². The second-order valence-corrected chi connectivity index (χ2v) is 2.23. The molecule has 1 aliphatic rings. The van der Waals surface area contributed by atoms with Gasteiger partial charge in [-0.15, -0.1) is 0 Å². The van der Waals surface area contributed by atoms with Crippen molar-refractivity contribution >= 4 is 11.6 Å². The zero-order chi connectivity index (χ0) is 7.56. The highest BCUT2D eigenvalue weighted by molar-refractivity contribution is 6.09. The maximum atomic E-state index is 10.9. The molecule has 0 saturated heterocycles. The first-order valence-electron chi connectivity index (χ1n) is 3.15. The molecule has 0 fully saturated rings. The minimum absolute atomic E-state index is 0.0437. The molecule has 1 unspecified atom stereocenters. The van der Waals surface area contributed by atoms with Gasteiger partial charge < -0.3 is 5.32 Å². The minimum atomic E-state index is -0.252. The van der Waals surface area contributed by atoms with Crippen molar-refractivity contribution in [1.82, 2.24) is 5.32 Å². The Morgan fingerprint density at radius 2 is 2.30 bits per heavy atom. The molecule has 0 aromatic carbocycles. The van der Waals surface area contributed by atoms with Crippen LogP contribution in [-0.4, -0.2) is 24.7 Å². The summed E-state index contributed by atoms with van der Waals surface area (Å²) in [7, 11) is 1.70. The van der Waals surface area contributed by atoms with Crippen LogP contribution in [0.3, 0.4) is 0 Å². The maximum Gasteiger partial charge on any atom is 0.162 e. The number of nitrogens with one attached hydrogen (secondary N) is 1. The first-order chi connectivity index (χ1) is 4.74. The molecule has 0 bridgehead atoms. The number of carbonyl (C=O) groups excluding carboxylic acids is 2. The summed E-state index contributed by atoms with van der Waals surface area (Å²) >= 11 is 0. The van der Waals surface area contributed by atoms with Gasteiger partial charge in [-0.2, -0.15) is 0 Å². The Bertz CT molecular complexity index is 196. The Balaban J connectivity index is 2.71. The van der Waals surface area contributed by atoms with E-state index in [9.17, 15) is 9.59 Å². The third kappa shape index (κ3) is 1.30. The Morgan fingerprint density at radius 3 is 2.80 bits per heavy atom. The molecule has 1 N–H and O–H groups in total. The highest BCUT2D eigenvalue weighted by atomic mass is 16.1. The smallest absolute Gasteiger partial charge is 0.162 e. The lowest BCUT2D eigenvalue weighted by atomic mass is 10.0. The van der Waals surface area contributed by atoms with E-state index in [-0.39, 0.29) is 24.0 Å². The number of likely N-dealkylation sites (N-methyl/N-ethyl adjacent to an activating group) is 1. The molecule has 0 aromatic heterocycles. The molecule has 1 aliphatic carbocycles. The van der Waals surface area contributed by atoms with Crippen LogP contribution in [0.2, 0.25) is 0 Å². The third-order valence-electron chi connectivity index (χ3n) is 1.48. The zero-order valence-corrected chi connectivity index (χ0v) is 5.76.